The van der Waals surface area contributed by atoms with Crippen molar-refractivity contribution in [1.82, 2.24) is 5.32 Å². The van der Waals surface area contributed by atoms with Gasteiger partial charge in [0.05, 0.1) is 0 Å². The number of hydrogen-bond acceptors (Lipinski definition) is 3. The molecule has 1 saturated heterocycles. The number of fused-ring (bicyclic) bond motifs is 1. The zero-order valence-corrected chi connectivity index (χ0v) is 11.3. The molecular formula is C14H19NOS. The zero-order chi connectivity index (χ0) is 12.0. The maximum atomic E-state index is 11.7. The first-order chi connectivity index (χ1) is 8.15. The fraction of sp³-hybridized carbons (Fsp3) is 0.643. The van der Waals surface area contributed by atoms with E-state index < -0.39 is 0 Å². The van der Waals surface area contributed by atoms with Crippen LogP contribution in [0.4, 0.5) is 0 Å². The van der Waals surface area contributed by atoms with Crippen LogP contribution in [-0.4, -0.2) is 11.8 Å². The Hall–Kier alpha value is -0.670. The Morgan fingerprint density at radius 2 is 2.12 bits per heavy atom. The van der Waals surface area contributed by atoms with Gasteiger partial charge in [0.15, 0.2) is 0 Å². The predicted molar refractivity (Wildman–Crippen MR) is 70.7 cm³/mol. The molecule has 0 bridgehead atoms. The van der Waals surface area contributed by atoms with Gasteiger partial charge in [-0.2, -0.15) is 0 Å². The van der Waals surface area contributed by atoms with E-state index in [-0.39, 0.29) is 6.04 Å². The van der Waals surface area contributed by atoms with Gasteiger partial charge in [0.1, 0.15) is 5.78 Å². The second kappa shape index (κ2) is 4.21. The molecule has 1 aromatic heterocycles. The Morgan fingerprint density at radius 1 is 1.29 bits per heavy atom. The van der Waals surface area contributed by atoms with Gasteiger partial charge in [-0.1, -0.05) is 0 Å². The van der Waals surface area contributed by atoms with Crippen LogP contribution in [-0.2, 0) is 17.6 Å². The molecule has 2 heterocycles. The van der Waals surface area contributed by atoms with Crippen molar-refractivity contribution in [3.8, 4) is 0 Å². The van der Waals surface area contributed by atoms with Crippen LogP contribution in [0, 0.1) is 6.92 Å². The average Bonchev–Trinajstić information content (AvgIpc) is 2.80. The van der Waals surface area contributed by atoms with Crippen molar-refractivity contribution >= 4 is 17.1 Å². The fourth-order valence-corrected chi connectivity index (χ4v) is 4.66. The molecule has 1 aliphatic heterocycles. The second-order valence-electron chi connectivity index (χ2n) is 5.41. The topological polar surface area (TPSA) is 29.1 Å². The summed E-state index contributed by atoms with van der Waals surface area (Å²) in [6, 6.07) is 0.611. The van der Waals surface area contributed by atoms with E-state index in [1.807, 2.05) is 11.3 Å². The number of rotatable bonds is 1. The van der Waals surface area contributed by atoms with E-state index in [0.29, 0.717) is 24.7 Å². The first-order valence-electron chi connectivity index (χ1n) is 6.54. The molecule has 2 unspecified atom stereocenters. The Bertz CT molecular complexity index is 463. The summed E-state index contributed by atoms with van der Waals surface area (Å²) in [6.07, 6.45) is 5.19. The van der Waals surface area contributed by atoms with E-state index in [4.69, 9.17) is 0 Å². The Kier molecular flexibility index (Phi) is 2.83. The van der Waals surface area contributed by atoms with Gasteiger partial charge in [0.25, 0.3) is 0 Å². The van der Waals surface area contributed by atoms with Crippen molar-refractivity contribution < 1.29 is 4.79 Å². The van der Waals surface area contributed by atoms with Gasteiger partial charge in [0, 0.05) is 34.7 Å². The highest BCUT2D eigenvalue weighted by Crippen LogP contribution is 2.40. The first kappa shape index (κ1) is 11.4. The lowest BCUT2D eigenvalue weighted by atomic mass is 9.95. The summed E-state index contributed by atoms with van der Waals surface area (Å²) in [5.74, 6) is 0.411. The minimum Gasteiger partial charge on any atom is -0.306 e. The van der Waals surface area contributed by atoms with Crippen LogP contribution in [0.3, 0.4) is 0 Å². The SMILES string of the molecule is Cc1c(C2CC(=O)CC(C)N2)sc2c1CCC2. The molecule has 0 aromatic carbocycles. The van der Waals surface area contributed by atoms with Crippen LogP contribution in [0.25, 0.3) is 0 Å². The summed E-state index contributed by atoms with van der Waals surface area (Å²) in [6.45, 7) is 4.35. The maximum Gasteiger partial charge on any atom is 0.136 e. The third-order valence-electron chi connectivity index (χ3n) is 3.99. The number of carbonyl (C=O) groups excluding carboxylic acids is 1. The molecule has 1 fully saturated rings. The Balaban J connectivity index is 1.91. The maximum absolute atomic E-state index is 11.7. The highest BCUT2D eigenvalue weighted by atomic mass is 32.1. The molecule has 2 atom stereocenters. The minimum atomic E-state index is 0.279. The second-order valence-corrected chi connectivity index (χ2v) is 6.55. The number of nitrogens with one attached hydrogen (secondary N) is 1. The van der Waals surface area contributed by atoms with Crippen molar-refractivity contribution in [2.75, 3.05) is 0 Å². The molecule has 0 amide bonds. The zero-order valence-electron chi connectivity index (χ0n) is 10.5. The van der Waals surface area contributed by atoms with Gasteiger partial charge in [-0.3, -0.25) is 4.79 Å². The van der Waals surface area contributed by atoms with Crippen molar-refractivity contribution in [2.45, 2.75) is 58.0 Å². The van der Waals surface area contributed by atoms with Crippen LogP contribution >= 0.6 is 11.3 Å². The van der Waals surface area contributed by atoms with E-state index in [0.717, 1.165) is 0 Å². The summed E-state index contributed by atoms with van der Waals surface area (Å²) in [5, 5.41) is 3.58. The molecule has 1 aromatic rings. The van der Waals surface area contributed by atoms with Gasteiger partial charge in [-0.15, -0.1) is 11.3 Å². The van der Waals surface area contributed by atoms with E-state index in [1.54, 1.807) is 10.4 Å². The molecule has 3 rings (SSSR count). The lowest BCUT2D eigenvalue weighted by Crippen LogP contribution is -2.38. The molecule has 1 N–H and O–H groups in total. The minimum absolute atomic E-state index is 0.279. The lowest BCUT2D eigenvalue weighted by molar-refractivity contribution is -0.121. The summed E-state index contributed by atoms with van der Waals surface area (Å²) >= 11 is 1.94. The largest absolute Gasteiger partial charge is 0.306 e. The Morgan fingerprint density at radius 3 is 2.82 bits per heavy atom. The van der Waals surface area contributed by atoms with Crippen LogP contribution < -0.4 is 5.32 Å². The number of thiophene rings is 1. The summed E-state index contributed by atoms with van der Waals surface area (Å²) < 4.78 is 0. The summed E-state index contributed by atoms with van der Waals surface area (Å²) in [7, 11) is 0. The Labute approximate surface area is 106 Å². The van der Waals surface area contributed by atoms with E-state index in [1.165, 1.54) is 29.7 Å². The van der Waals surface area contributed by atoms with E-state index >= 15 is 0 Å². The van der Waals surface area contributed by atoms with E-state index in [9.17, 15) is 4.79 Å². The highest BCUT2D eigenvalue weighted by molar-refractivity contribution is 7.12. The van der Waals surface area contributed by atoms with Gasteiger partial charge in [-0.05, 0) is 44.2 Å². The van der Waals surface area contributed by atoms with Crippen molar-refractivity contribution in [2.24, 2.45) is 0 Å². The number of aryl methyl sites for hydroxylation is 1. The molecular weight excluding hydrogens is 230 g/mol. The first-order valence-corrected chi connectivity index (χ1v) is 7.35. The molecule has 0 saturated carbocycles. The van der Waals surface area contributed by atoms with Crippen molar-refractivity contribution in [3.05, 3.63) is 20.9 Å². The molecule has 3 heteroatoms. The standard InChI is InChI=1S/C14H19NOS/c1-8-6-10(16)7-12(15-8)14-9(2)11-4-3-5-13(11)17-14/h8,12,15H,3-7H2,1-2H3. The quantitative estimate of drug-likeness (QED) is 0.829. The monoisotopic (exact) mass is 249 g/mol. The number of hydrogen-bond donors (Lipinski definition) is 1. The van der Waals surface area contributed by atoms with Crippen LogP contribution in [0.1, 0.15) is 53.1 Å². The number of piperidine rings is 1. The molecule has 0 spiro atoms. The smallest absolute Gasteiger partial charge is 0.136 e. The van der Waals surface area contributed by atoms with Gasteiger partial charge >= 0.3 is 0 Å². The molecule has 2 aliphatic rings. The van der Waals surface area contributed by atoms with Gasteiger partial charge in [-0.25, -0.2) is 0 Å². The third-order valence-corrected chi connectivity index (χ3v) is 5.50. The van der Waals surface area contributed by atoms with Crippen LogP contribution in [0.2, 0.25) is 0 Å². The summed E-state index contributed by atoms with van der Waals surface area (Å²) in [5.41, 5.74) is 3.04. The normalized spacial score (nSPS) is 28.5. The molecule has 92 valence electrons. The van der Waals surface area contributed by atoms with Gasteiger partial charge in [0.2, 0.25) is 0 Å². The number of Topliss-reactive ketones (excluding diaryl/α,β-unsaturated/α-hetero) is 1. The van der Waals surface area contributed by atoms with Gasteiger partial charge < -0.3 is 5.32 Å². The third kappa shape index (κ3) is 1.95. The predicted octanol–water partition coefficient (Wildman–Crippen LogP) is 2.93. The molecule has 2 nitrogen and oxygen atoms in total. The summed E-state index contributed by atoms with van der Waals surface area (Å²) in [4.78, 5) is 14.7. The molecule has 1 aliphatic carbocycles. The van der Waals surface area contributed by atoms with Crippen molar-refractivity contribution in [1.29, 1.82) is 0 Å². The van der Waals surface area contributed by atoms with Crippen LogP contribution in [0.15, 0.2) is 0 Å². The van der Waals surface area contributed by atoms with Crippen molar-refractivity contribution in [3.63, 3.8) is 0 Å². The number of ketones is 1. The fourth-order valence-electron chi connectivity index (χ4n) is 3.20. The molecule has 17 heavy (non-hydrogen) atoms. The number of carbonyl (C=O) groups is 1. The highest BCUT2D eigenvalue weighted by Gasteiger charge is 2.29. The average molecular weight is 249 g/mol. The molecule has 0 radical (unpaired) electrons. The van der Waals surface area contributed by atoms with Crippen LogP contribution in [0.5, 0.6) is 0 Å². The van der Waals surface area contributed by atoms with E-state index in [2.05, 4.69) is 19.2 Å². The lowest BCUT2D eigenvalue weighted by Gasteiger charge is -2.28.